The van der Waals surface area contributed by atoms with Crippen LogP contribution in [0.25, 0.3) is 12.2 Å². The zero-order valence-corrected chi connectivity index (χ0v) is 19.3. The van der Waals surface area contributed by atoms with E-state index in [0.717, 1.165) is 29.8 Å². The molecule has 0 radical (unpaired) electrons. The van der Waals surface area contributed by atoms with Gasteiger partial charge in [0.1, 0.15) is 0 Å². The summed E-state index contributed by atoms with van der Waals surface area (Å²) < 4.78 is 21.2. The van der Waals surface area contributed by atoms with Crippen LogP contribution < -0.4 is 24.3 Å². The van der Waals surface area contributed by atoms with E-state index >= 15 is 0 Å². The minimum absolute atomic E-state index is 0.129. The fourth-order valence-electron chi connectivity index (χ4n) is 2.91. The molecule has 0 amide bonds. The average molecular weight is 438 g/mol. The Balaban J connectivity index is 2.19. The number of methoxy groups -OCH3 is 4. The molecule has 32 heavy (non-hydrogen) atoms. The molecule has 0 aliphatic rings. The highest BCUT2D eigenvalue weighted by Crippen LogP contribution is 2.29. The molecule has 2 rings (SSSR count). The van der Waals surface area contributed by atoms with Gasteiger partial charge in [0, 0.05) is 18.3 Å². The van der Waals surface area contributed by atoms with Crippen LogP contribution in [0.5, 0.6) is 23.0 Å². The van der Waals surface area contributed by atoms with Crippen LogP contribution in [0.4, 0.5) is 0 Å². The summed E-state index contributed by atoms with van der Waals surface area (Å²) in [6.45, 7) is 2.83. The van der Waals surface area contributed by atoms with E-state index in [-0.39, 0.29) is 5.78 Å². The van der Waals surface area contributed by atoms with Crippen molar-refractivity contribution in [3.05, 3.63) is 71.5 Å². The van der Waals surface area contributed by atoms with Gasteiger partial charge in [-0.3, -0.25) is 4.79 Å². The summed E-state index contributed by atoms with van der Waals surface area (Å²) in [6, 6.07) is 11.1. The molecule has 0 heterocycles. The van der Waals surface area contributed by atoms with Crippen LogP contribution in [0, 0.1) is 0 Å². The average Bonchev–Trinajstić information content (AvgIpc) is 2.83. The minimum atomic E-state index is -0.129. The van der Waals surface area contributed by atoms with E-state index in [4.69, 9.17) is 18.9 Å². The molecule has 0 saturated carbocycles. The fraction of sp³-hybridized carbons (Fsp3) is 0.269. The predicted molar refractivity (Wildman–Crippen MR) is 129 cm³/mol. The zero-order chi connectivity index (χ0) is 23.3. The Kier molecular flexibility index (Phi) is 9.91. The molecule has 2 aromatic carbocycles. The lowest BCUT2D eigenvalue weighted by Gasteiger charge is -2.08. The SMILES string of the molecule is CCCNC(=C\C(=O)/C=C/c1ccc(OC)c(OC)c1)/C=C/c1ccc(OC)c(OC)c1. The van der Waals surface area contributed by atoms with Gasteiger partial charge in [0.2, 0.25) is 0 Å². The first-order chi connectivity index (χ1) is 15.5. The fourth-order valence-corrected chi connectivity index (χ4v) is 2.91. The molecule has 0 atom stereocenters. The van der Waals surface area contributed by atoms with Crippen molar-refractivity contribution in [2.75, 3.05) is 35.0 Å². The van der Waals surface area contributed by atoms with Crippen molar-refractivity contribution in [1.29, 1.82) is 0 Å². The van der Waals surface area contributed by atoms with Crippen LogP contribution in [0.1, 0.15) is 24.5 Å². The van der Waals surface area contributed by atoms with Gasteiger partial charge in [-0.05, 0) is 54.0 Å². The Morgan fingerprint density at radius 1 is 0.781 bits per heavy atom. The van der Waals surface area contributed by atoms with Crippen LogP contribution in [0.3, 0.4) is 0 Å². The summed E-state index contributed by atoms with van der Waals surface area (Å²) in [5.41, 5.74) is 2.50. The van der Waals surface area contributed by atoms with Crippen LogP contribution in [-0.2, 0) is 4.79 Å². The van der Waals surface area contributed by atoms with Crippen LogP contribution >= 0.6 is 0 Å². The third kappa shape index (κ3) is 7.23. The van der Waals surface area contributed by atoms with Crippen molar-refractivity contribution in [3.63, 3.8) is 0 Å². The number of nitrogens with one attached hydrogen (secondary N) is 1. The standard InChI is InChI=1S/C26H31NO5/c1-6-15-27-21(11-7-19-9-13-23(29-2)25(16-19)31-4)18-22(28)12-8-20-10-14-24(30-3)26(17-20)32-5/h7-14,16-18,27H,6,15H2,1-5H3/b11-7+,12-8+,21-18-. The molecule has 0 fully saturated rings. The summed E-state index contributed by atoms with van der Waals surface area (Å²) in [5, 5.41) is 3.28. The van der Waals surface area contributed by atoms with Gasteiger partial charge in [-0.25, -0.2) is 0 Å². The summed E-state index contributed by atoms with van der Waals surface area (Å²) in [5.74, 6) is 2.44. The molecule has 0 unspecified atom stereocenters. The van der Waals surface area contributed by atoms with Crippen molar-refractivity contribution in [3.8, 4) is 23.0 Å². The first-order valence-electron chi connectivity index (χ1n) is 10.3. The molecule has 0 aliphatic carbocycles. The molecular weight excluding hydrogens is 406 g/mol. The lowest BCUT2D eigenvalue weighted by molar-refractivity contribution is -0.110. The van der Waals surface area contributed by atoms with Crippen molar-refractivity contribution in [2.24, 2.45) is 0 Å². The third-order valence-corrected chi connectivity index (χ3v) is 4.59. The van der Waals surface area contributed by atoms with E-state index in [9.17, 15) is 4.79 Å². The van der Waals surface area contributed by atoms with E-state index in [1.165, 1.54) is 6.08 Å². The summed E-state index contributed by atoms with van der Waals surface area (Å²) >= 11 is 0. The highest BCUT2D eigenvalue weighted by Gasteiger charge is 2.04. The largest absolute Gasteiger partial charge is 0.493 e. The van der Waals surface area contributed by atoms with E-state index in [1.807, 2.05) is 42.5 Å². The number of rotatable bonds is 12. The van der Waals surface area contributed by atoms with Crippen molar-refractivity contribution in [1.82, 2.24) is 5.32 Å². The monoisotopic (exact) mass is 437 g/mol. The van der Waals surface area contributed by atoms with E-state index in [2.05, 4.69) is 12.2 Å². The van der Waals surface area contributed by atoms with Gasteiger partial charge < -0.3 is 24.3 Å². The second-order valence-corrected chi connectivity index (χ2v) is 6.82. The van der Waals surface area contributed by atoms with Gasteiger partial charge >= 0.3 is 0 Å². The minimum Gasteiger partial charge on any atom is -0.493 e. The second-order valence-electron chi connectivity index (χ2n) is 6.82. The van der Waals surface area contributed by atoms with Crippen LogP contribution in [-0.4, -0.2) is 40.8 Å². The number of ether oxygens (including phenoxy) is 4. The number of hydrogen-bond donors (Lipinski definition) is 1. The second kappa shape index (κ2) is 12.9. The number of benzene rings is 2. The van der Waals surface area contributed by atoms with Gasteiger partial charge in [0.25, 0.3) is 0 Å². The number of carbonyl (C=O) groups is 1. The Morgan fingerprint density at radius 2 is 1.28 bits per heavy atom. The van der Waals surface area contributed by atoms with Gasteiger partial charge in [-0.2, -0.15) is 0 Å². The van der Waals surface area contributed by atoms with Gasteiger partial charge in [-0.15, -0.1) is 0 Å². The Bertz CT molecular complexity index is 992. The number of hydrogen-bond acceptors (Lipinski definition) is 6. The molecule has 170 valence electrons. The molecule has 1 N–H and O–H groups in total. The Labute approximate surface area is 190 Å². The van der Waals surface area contributed by atoms with E-state index < -0.39 is 0 Å². The molecule has 0 spiro atoms. The van der Waals surface area contributed by atoms with Crippen LogP contribution in [0.15, 0.2) is 60.3 Å². The highest BCUT2D eigenvalue weighted by atomic mass is 16.5. The lowest BCUT2D eigenvalue weighted by atomic mass is 10.1. The highest BCUT2D eigenvalue weighted by molar-refractivity contribution is 6.02. The molecule has 0 bridgehead atoms. The molecule has 0 aliphatic heterocycles. The maximum absolute atomic E-state index is 12.5. The maximum Gasteiger partial charge on any atom is 0.180 e. The van der Waals surface area contributed by atoms with Crippen molar-refractivity contribution < 1.29 is 23.7 Å². The van der Waals surface area contributed by atoms with Crippen molar-refractivity contribution >= 4 is 17.9 Å². The first-order valence-corrected chi connectivity index (χ1v) is 10.3. The lowest BCUT2D eigenvalue weighted by Crippen LogP contribution is -2.13. The summed E-state index contributed by atoms with van der Waals surface area (Å²) in [6.07, 6.45) is 9.58. The molecule has 2 aromatic rings. The van der Waals surface area contributed by atoms with Gasteiger partial charge in [0.15, 0.2) is 28.8 Å². The predicted octanol–water partition coefficient (Wildman–Crippen LogP) is 4.90. The Hall–Kier alpha value is -3.67. The Morgan fingerprint density at radius 3 is 1.75 bits per heavy atom. The molecular formula is C26H31NO5. The molecule has 0 aromatic heterocycles. The first kappa shape index (κ1) is 24.6. The van der Waals surface area contributed by atoms with Gasteiger partial charge in [-0.1, -0.05) is 31.2 Å². The molecule has 6 heteroatoms. The van der Waals surface area contributed by atoms with Gasteiger partial charge in [0.05, 0.1) is 28.4 Å². The van der Waals surface area contributed by atoms with E-state index in [0.29, 0.717) is 23.0 Å². The zero-order valence-electron chi connectivity index (χ0n) is 19.3. The smallest absolute Gasteiger partial charge is 0.180 e. The topological polar surface area (TPSA) is 66.0 Å². The van der Waals surface area contributed by atoms with Crippen LogP contribution in [0.2, 0.25) is 0 Å². The maximum atomic E-state index is 12.5. The van der Waals surface area contributed by atoms with E-state index in [1.54, 1.807) is 46.7 Å². The molecule has 6 nitrogen and oxygen atoms in total. The summed E-state index contributed by atoms with van der Waals surface area (Å²) in [4.78, 5) is 12.5. The molecule has 0 saturated heterocycles. The quantitative estimate of drug-likeness (QED) is 0.376. The number of allylic oxidation sites excluding steroid dienone is 3. The number of carbonyl (C=O) groups excluding carboxylic acids is 1. The normalized spacial score (nSPS) is 11.6. The van der Waals surface area contributed by atoms with Crippen molar-refractivity contribution in [2.45, 2.75) is 13.3 Å². The summed E-state index contributed by atoms with van der Waals surface area (Å²) in [7, 11) is 6.37. The third-order valence-electron chi connectivity index (χ3n) is 4.59. The number of ketones is 1.